The highest BCUT2D eigenvalue weighted by atomic mass is 19.1. The Bertz CT molecular complexity index is 817. The van der Waals surface area contributed by atoms with Gasteiger partial charge in [0.2, 0.25) is 5.95 Å². The summed E-state index contributed by atoms with van der Waals surface area (Å²) in [6, 6.07) is 5.86. The minimum Gasteiger partial charge on any atom is -0.368 e. The number of imidazole rings is 1. The molecule has 0 radical (unpaired) electrons. The lowest BCUT2D eigenvalue weighted by Crippen LogP contribution is -1.98. The molecule has 0 amide bonds. The van der Waals surface area contributed by atoms with Crippen LogP contribution in [0.5, 0.6) is 0 Å². The number of halogens is 1. The predicted octanol–water partition coefficient (Wildman–Crippen LogP) is 1.61. The average Bonchev–Trinajstić information content (AvgIpc) is 2.84. The smallest absolute Gasteiger partial charge is 0.222 e. The molecular weight excluding hydrogens is 247 g/mol. The zero-order valence-corrected chi connectivity index (χ0v) is 9.55. The number of benzene rings is 1. The summed E-state index contributed by atoms with van der Waals surface area (Å²) in [6.45, 7) is 0. The third-order valence-electron chi connectivity index (χ3n) is 2.60. The first kappa shape index (κ1) is 11.1. The topological polar surface area (TPSA) is 104 Å². The Hall–Kier alpha value is -3.01. The van der Waals surface area contributed by atoms with Crippen LogP contribution in [0.4, 0.5) is 10.3 Å². The van der Waals surface area contributed by atoms with E-state index in [0.29, 0.717) is 22.4 Å². The van der Waals surface area contributed by atoms with Crippen LogP contribution in [0.25, 0.3) is 22.4 Å². The van der Waals surface area contributed by atoms with Crippen molar-refractivity contribution in [3.8, 4) is 17.3 Å². The van der Waals surface area contributed by atoms with Gasteiger partial charge in [-0.15, -0.1) is 0 Å². The fourth-order valence-electron chi connectivity index (χ4n) is 1.85. The number of hydrogen-bond acceptors (Lipinski definition) is 5. The monoisotopic (exact) mass is 254 g/mol. The van der Waals surface area contributed by atoms with Crippen LogP contribution >= 0.6 is 0 Å². The number of H-pyrrole nitrogens is 1. The number of nitrogen functional groups attached to an aromatic ring is 1. The Morgan fingerprint density at radius 2 is 2.11 bits per heavy atom. The van der Waals surface area contributed by atoms with Crippen molar-refractivity contribution in [3.63, 3.8) is 0 Å². The van der Waals surface area contributed by atoms with Crippen molar-refractivity contribution < 1.29 is 4.39 Å². The molecule has 2 heterocycles. The Morgan fingerprint density at radius 3 is 2.89 bits per heavy atom. The second-order valence-corrected chi connectivity index (χ2v) is 3.87. The Balaban J connectivity index is 2.33. The van der Waals surface area contributed by atoms with Crippen molar-refractivity contribution in [1.82, 2.24) is 19.9 Å². The zero-order valence-electron chi connectivity index (χ0n) is 9.55. The molecule has 0 aliphatic carbocycles. The molecule has 2 aromatic heterocycles. The summed E-state index contributed by atoms with van der Waals surface area (Å²) in [5, 5.41) is 8.87. The number of nitriles is 1. The summed E-state index contributed by atoms with van der Waals surface area (Å²) >= 11 is 0. The van der Waals surface area contributed by atoms with Gasteiger partial charge in [-0.1, -0.05) is 0 Å². The molecule has 0 fully saturated rings. The van der Waals surface area contributed by atoms with Crippen LogP contribution in [0.3, 0.4) is 0 Å². The normalized spacial score (nSPS) is 10.5. The number of fused-ring (bicyclic) bond motifs is 1. The maximum absolute atomic E-state index is 13.5. The van der Waals surface area contributed by atoms with Gasteiger partial charge in [-0.25, -0.2) is 14.4 Å². The van der Waals surface area contributed by atoms with Crippen LogP contribution in [0.15, 0.2) is 24.5 Å². The molecule has 7 heteroatoms. The number of rotatable bonds is 1. The summed E-state index contributed by atoms with van der Waals surface area (Å²) in [5.41, 5.74) is 7.60. The van der Waals surface area contributed by atoms with E-state index in [4.69, 9.17) is 11.0 Å². The molecule has 0 saturated heterocycles. The van der Waals surface area contributed by atoms with Crippen LogP contribution in [0.2, 0.25) is 0 Å². The van der Waals surface area contributed by atoms with Gasteiger partial charge in [0.05, 0.1) is 18.0 Å². The average molecular weight is 254 g/mol. The summed E-state index contributed by atoms with van der Waals surface area (Å²) in [7, 11) is 0. The van der Waals surface area contributed by atoms with Gasteiger partial charge in [0.15, 0.2) is 5.65 Å². The number of nitrogens with one attached hydrogen (secondary N) is 1. The van der Waals surface area contributed by atoms with Crippen molar-refractivity contribution >= 4 is 17.1 Å². The molecule has 0 atom stereocenters. The van der Waals surface area contributed by atoms with Gasteiger partial charge in [0.25, 0.3) is 0 Å². The quantitative estimate of drug-likeness (QED) is 0.686. The molecule has 6 nitrogen and oxygen atoms in total. The summed E-state index contributed by atoms with van der Waals surface area (Å²) in [4.78, 5) is 14.9. The van der Waals surface area contributed by atoms with Crippen LogP contribution in [-0.4, -0.2) is 19.9 Å². The minimum absolute atomic E-state index is 0.0392. The number of hydrogen-bond donors (Lipinski definition) is 2. The van der Waals surface area contributed by atoms with Crippen LogP contribution in [0.1, 0.15) is 5.56 Å². The molecule has 0 aliphatic rings. The number of anilines is 1. The Labute approximate surface area is 106 Å². The maximum atomic E-state index is 13.5. The fraction of sp³-hybridized carbons (Fsp3) is 0. The molecule has 3 N–H and O–H groups in total. The number of aromatic nitrogens is 4. The van der Waals surface area contributed by atoms with Gasteiger partial charge >= 0.3 is 0 Å². The highest BCUT2D eigenvalue weighted by Crippen LogP contribution is 2.26. The van der Waals surface area contributed by atoms with Crippen LogP contribution in [0, 0.1) is 17.1 Å². The lowest BCUT2D eigenvalue weighted by molar-refractivity contribution is 0.628. The molecule has 0 unspecified atom stereocenters. The fourth-order valence-corrected chi connectivity index (χ4v) is 1.85. The van der Waals surface area contributed by atoms with Gasteiger partial charge < -0.3 is 10.7 Å². The molecule has 1 aromatic carbocycles. The van der Waals surface area contributed by atoms with E-state index in [2.05, 4.69) is 19.9 Å². The van der Waals surface area contributed by atoms with Gasteiger partial charge in [-0.2, -0.15) is 10.2 Å². The first-order valence-corrected chi connectivity index (χ1v) is 5.35. The van der Waals surface area contributed by atoms with Crippen LogP contribution in [-0.2, 0) is 0 Å². The van der Waals surface area contributed by atoms with Crippen molar-refractivity contribution in [2.75, 3.05) is 5.73 Å². The van der Waals surface area contributed by atoms with Gasteiger partial charge in [0.1, 0.15) is 17.0 Å². The van der Waals surface area contributed by atoms with E-state index < -0.39 is 5.82 Å². The lowest BCUT2D eigenvalue weighted by Gasteiger charge is -2.04. The van der Waals surface area contributed by atoms with E-state index >= 15 is 0 Å². The third-order valence-corrected chi connectivity index (χ3v) is 2.60. The molecule has 0 aliphatic heterocycles. The van der Waals surface area contributed by atoms with Gasteiger partial charge in [0, 0.05) is 5.56 Å². The van der Waals surface area contributed by atoms with Crippen molar-refractivity contribution in [3.05, 3.63) is 35.9 Å². The molecule has 0 bridgehead atoms. The standard InChI is InChI=1S/C12H7FN6/c13-8-2-6(4-14)1-7(3-8)9-10-11(17-5-16-10)19-12(15)18-9/h1-3,5H,(H3,15,16,17,18,19). The molecule has 3 aromatic rings. The molecule has 92 valence electrons. The Morgan fingerprint density at radius 1 is 1.26 bits per heavy atom. The molecule has 0 spiro atoms. The SMILES string of the molecule is N#Cc1cc(F)cc(-c2nc(N)nc3nc[nH]c23)c1. The van der Waals surface area contributed by atoms with E-state index in [-0.39, 0.29) is 11.5 Å². The molecule has 19 heavy (non-hydrogen) atoms. The summed E-state index contributed by atoms with van der Waals surface area (Å²) in [5.74, 6) is -0.476. The maximum Gasteiger partial charge on any atom is 0.222 e. The van der Waals surface area contributed by atoms with E-state index in [1.807, 2.05) is 6.07 Å². The number of aromatic amines is 1. The second-order valence-electron chi connectivity index (χ2n) is 3.87. The van der Waals surface area contributed by atoms with Crippen molar-refractivity contribution in [2.24, 2.45) is 0 Å². The van der Waals surface area contributed by atoms with E-state index in [1.165, 1.54) is 18.5 Å². The summed E-state index contributed by atoms with van der Waals surface area (Å²) in [6.07, 6.45) is 1.45. The number of nitrogens with zero attached hydrogens (tertiary/aromatic N) is 4. The molecule has 3 rings (SSSR count). The third kappa shape index (κ3) is 1.85. The highest BCUT2D eigenvalue weighted by molar-refractivity contribution is 5.88. The second kappa shape index (κ2) is 4.03. The largest absolute Gasteiger partial charge is 0.368 e. The van der Waals surface area contributed by atoms with E-state index in [9.17, 15) is 4.39 Å². The molecular formula is C12H7FN6. The predicted molar refractivity (Wildman–Crippen MR) is 66.2 cm³/mol. The van der Waals surface area contributed by atoms with Crippen molar-refractivity contribution in [2.45, 2.75) is 0 Å². The van der Waals surface area contributed by atoms with Crippen molar-refractivity contribution in [1.29, 1.82) is 5.26 Å². The van der Waals surface area contributed by atoms with E-state index in [1.54, 1.807) is 0 Å². The Kier molecular flexibility index (Phi) is 2.35. The van der Waals surface area contributed by atoms with Crippen LogP contribution < -0.4 is 5.73 Å². The zero-order chi connectivity index (χ0) is 13.4. The first-order valence-electron chi connectivity index (χ1n) is 5.35. The van der Waals surface area contributed by atoms with E-state index in [0.717, 1.165) is 6.07 Å². The van der Waals surface area contributed by atoms with Gasteiger partial charge in [-0.05, 0) is 18.2 Å². The minimum atomic E-state index is -0.515. The summed E-state index contributed by atoms with van der Waals surface area (Å²) < 4.78 is 13.5. The highest BCUT2D eigenvalue weighted by Gasteiger charge is 2.12. The lowest BCUT2D eigenvalue weighted by atomic mass is 10.1. The molecule has 0 saturated carbocycles. The number of nitrogens with two attached hydrogens (primary N) is 1. The first-order chi connectivity index (χ1) is 9.17. The van der Waals surface area contributed by atoms with Gasteiger partial charge in [-0.3, -0.25) is 0 Å².